The molecule has 6 nitrogen and oxygen atoms in total. The lowest BCUT2D eigenvalue weighted by molar-refractivity contribution is 0.0728. The van der Waals surface area contributed by atoms with Crippen LogP contribution in [0, 0.1) is 6.92 Å². The lowest BCUT2D eigenvalue weighted by Crippen LogP contribution is -2.18. The fraction of sp³-hybridized carbons (Fsp3) is 0.125. The number of nitrogens with one attached hydrogen (secondary N) is 1. The molecule has 0 aromatic heterocycles. The van der Waals surface area contributed by atoms with Crippen LogP contribution in [0.1, 0.15) is 38.8 Å². The molecule has 1 amide bonds. The van der Waals surface area contributed by atoms with Crippen LogP contribution in [-0.4, -0.2) is 24.7 Å². The largest absolute Gasteiger partial charge is 0.490 e. The molecular weight excluding hydrogens is 451 g/mol. The molecule has 0 bridgehead atoms. The number of hydrogen-bond donors (Lipinski definition) is 1. The van der Waals surface area contributed by atoms with E-state index in [0.717, 1.165) is 5.56 Å². The monoisotopic (exact) mass is 470 g/mol. The number of rotatable bonds is 7. The van der Waals surface area contributed by atoms with Gasteiger partial charge in [0.15, 0.2) is 11.5 Å². The third-order valence-corrected chi connectivity index (χ3v) is 4.83. The molecule has 1 N–H and O–H groups in total. The zero-order chi connectivity index (χ0) is 23.1. The summed E-state index contributed by atoms with van der Waals surface area (Å²) >= 11 is 11.9. The van der Waals surface area contributed by atoms with Gasteiger partial charge >= 0.3 is 5.97 Å². The van der Waals surface area contributed by atoms with Crippen LogP contribution in [0.15, 0.2) is 65.8 Å². The van der Waals surface area contributed by atoms with Crippen molar-refractivity contribution in [3.05, 3.63) is 93.0 Å². The highest BCUT2D eigenvalue weighted by Gasteiger charge is 2.14. The molecule has 0 saturated carbocycles. The van der Waals surface area contributed by atoms with Crippen molar-refractivity contribution in [2.75, 3.05) is 6.61 Å². The van der Waals surface area contributed by atoms with Crippen molar-refractivity contribution in [2.45, 2.75) is 13.8 Å². The van der Waals surface area contributed by atoms with E-state index in [1.54, 1.807) is 42.5 Å². The Kier molecular flexibility index (Phi) is 7.87. The molecule has 0 aliphatic carbocycles. The Hall–Kier alpha value is -3.35. The number of carbonyl (C=O) groups is 2. The molecule has 0 spiro atoms. The number of nitrogens with zero attached hydrogens (tertiary/aromatic N) is 1. The number of aryl methyl sites for hydroxylation is 1. The predicted octanol–water partition coefficient (Wildman–Crippen LogP) is 5.68. The van der Waals surface area contributed by atoms with Crippen molar-refractivity contribution in [3.63, 3.8) is 0 Å². The minimum atomic E-state index is -0.483. The summed E-state index contributed by atoms with van der Waals surface area (Å²) in [5, 5.41) is 4.61. The van der Waals surface area contributed by atoms with Crippen LogP contribution < -0.4 is 14.9 Å². The lowest BCUT2D eigenvalue weighted by Gasteiger charge is -2.11. The van der Waals surface area contributed by atoms with Crippen LogP contribution in [0.2, 0.25) is 10.0 Å². The van der Waals surface area contributed by atoms with Gasteiger partial charge in [0.2, 0.25) is 0 Å². The summed E-state index contributed by atoms with van der Waals surface area (Å²) in [6, 6.07) is 16.6. The van der Waals surface area contributed by atoms with Gasteiger partial charge in [-0.15, -0.1) is 0 Å². The number of hydrazone groups is 1. The maximum absolute atomic E-state index is 12.5. The normalized spacial score (nSPS) is 10.8. The lowest BCUT2D eigenvalue weighted by atomic mass is 10.1. The summed E-state index contributed by atoms with van der Waals surface area (Å²) < 4.78 is 11.1. The molecule has 0 aliphatic heterocycles. The number of benzene rings is 3. The number of ether oxygens (including phenoxy) is 2. The van der Waals surface area contributed by atoms with E-state index in [1.807, 2.05) is 19.9 Å². The highest BCUT2D eigenvalue weighted by molar-refractivity contribution is 6.36. The Labute approximate surface area is 195 Å². The van der Waals surface area contributed by atoms with Crippen LogP contribution >= 0.6 is 23.2 Å². The summed E-state index contributed by atoms with van der Waals surface area (Å²) in [4.78, 5) is 24.7. The van der Waals surface area contributed by atoms with E-state index in [2.05, 4.69) is 10.5 Å². The van der Waals surface area contributed by atoms with Gasteiger partial charge in [0.05, 0.1) is 29.0 Å². The second-order valence-electron chi connectivity index (χ2n) is 6.72. The van der Waals surface area contributed by atoms with E-state index >= 15 is 0 Å². The quantitative estimate of drug-likeness (QED) is 0.208. The van der Waals surface area contributed by atoms with Crippen molar-refractivity contribution in [2.24, 2.45) is 5.10 Å². The summed E-state index contributed by atoms with van der Waals surface area (Å²) in [6.07, 6.45) is 1.44. The van der Waals surface area contributed by atoms with Crippen LogP contribution in [0.4, 0.5) is 0 Å². The van der Waals surface area contributed by atoms with Crippen LogP contribution in [0.25, 0.3) is 0 Å². The fourth-order valence-electron chi connectivity index (χ4n) is 2.79. The highest BCUT2D eigenvalue weighted by Crippen LogP contribution is 2.29. The standard InChI is InChI=1S/C24H20Cl2N2O4/c1-3-31-22-12-16(14-27-28-23(29)19-9-8-18(25)13-20(19)26)7-10-21(22)32-24(30)17-6-4-5-15(2)11-17/h4-14H,3H2,1-2H3,(H,28,29)/b27-14+. The van der Waals surface area contributed by atoms with Gasteiger partial charge in [-0.1, -0.05) is 40.9 Å². The average molecular weight is 471 g/mol. The van der Waals surface area contributed by atoms with Crippen LogP contribution in [0.3, 0.4) is 0 Å². The zero-order valence-corrected chi connectivity index (χ0v) is 18.9. The van der Waals surface area contributed by atoms with E-state index in [0.29, 0.717) is 28.5 Å². The maximum Gasteiger partial charge on any atom is 0.343 e. The third kappa shape index (κ3) is 6.09. The maximum atomic E-state index is 12.5. The van der Waals surface area contributed by atoms with Crippen molar-refractivity contribution in [1.29, 1.82) is 0 Å². The van der Waals surface area contributed by atoms with Crippen LogP contribution in [0.5, 0.6) is 11.5 Å². The van der Waals surface area contributed by atoms with Crippen LogP contribution in [-0.2, 0) is 0 Å². The second-order valence-corrected chi connectivity index (χ2v) is 7.57. The summed E-state index contributed by atoms with van der Waals surface area (Å²) in [7, 11) is 0. The first kappa shape index (κ1) is 23.3. The van der Waals surface area contributed by atoms with Gasteiger partial charge in [-0.2, -0.15) is 5.10 Å². The molecule has 32 heavy (non-hydrogen) atoms. The van der Waals surface area contributed by atoms with E-state index in [9.17, 15) is 9.59 Å². The topological polar surface area (TPSA) is 77.0 Å². The number of halogens is 2. The van der Waals surface area contributed by atoms with Gasteiger partial charge < -0.3 is 9.47 Å². The zero-order valence-electron chi connectivity index (χ0n) is 17.4. The van der Waals surface area contributed by atoms with Gasteiger partial charge in [-0.05, 0) is 67.9 Å². The molecule has 8 heteroatoms. The first-order valence-electron chi connectivity index (χ1n) is 9.71. The first-order valence-corrected chi connectivity index (χ1v) is 10.5. The van der Waals surface area contributed by atoms with E-state index < -0.39 is 11.9 Å². The van der Waals surface area contributed by atoms with Crippen molar-refractivity contribution in [1.82, 2.24) is 5.43 Å². The summed E-state index contributed by atoms with van der Waals surface area (Å²) in [5.41, 5.74) is 4.69. The predicted molar refractivity (Wildman–Crippen MR) is 125 cm³/mol. The van der Waals surface area contributed by atoms with Gasteiger partial charge in [0, 0.05) is 5.02 Å². The van der Waals surface area contributed by atoms with Gasteiger partial charge in [-0.3, -0.25) is 4.79 Å². The Morgan fingerprint density at radius 2 is 1.84 bits per heavy atom. The Morgan fingerprint density at radius 3 is 2.56 bits per heavy atom. The van der Waals surface area contributed by atoms with E-state index in [4.69, 9.17) is 32.7 Å². The molecular formula is C24H20Cl2N2O4. The molecule has 0 aliphatic rings. The molecule has 3 aromatic carbocycles. The Bertz CT molecular complexity index is 1180. The number of hydrogen-bond acceptors (Lipinski definition) is 5. The first-order chi connectivity index (χ1) is 15.4. The molecule has 0 atom stereocenters. The number of esters is 1. The minimum absolute atomic E-state index is 0.226. The smallest absolute Gasteiger partial charge is 0.343 e. The van der Waals surface area contributed by atoms with E-state index in [1.165, 1.54) is 18.3 Å². The fourth-order valence-corrected chi connectivity index (χ4v) is 3.28. The third-order valence-electron chi connectivity index (χ3n) is 4.28. The summed E-state index contributed by atoms with van der Waals surface area (Å²) in [5.74, 6) is -0.295. The Balaban J connectivity index is 1.72. The average Bonchev–Trinajstić information content (AvgIpc) is 2.75. The molecule has 0 radical (unpaired) electrons. The highest BCUT2D eigenvalue weighted by atomic mass is 35.5. The van der Waals surface area contributed by atoms with Crippen molar-refractivity contribution in [3.8, 4) is 11.5 Å². The molecule has 3 rings (SSSR count). The Morgan fingerprint density at radius 1 is 1.03 bits per heavy atom. The second kappa shape index (κ2) is 10.8. The van der Waals surface area contributed by atoms with Gasteiger partial charge in [0.1, 0.15) is 0 Å². The number of amides is 1. The minimum Gasteiger partial charge on any atom is -0.490 e. The van der Waals surface area contributed by atoms with Crippen molar-refractivity contribution < 1.29 is 19.1 Å². The molecule has 0 saturated heterocycles. The molecule has 0 fully saturated rings. The summed E-state index contributed by atoms with van der Waals surface area (Å²) in [6.45, 7) is 4.10. The van der Waals surface area contributed by atoms with Crippen molar-refractivity contribution >= 4 is 41.3 Å². The molecule has 0 heterocycles. The molecule has 3 aromatic rings. The molecule has 0 unspecified atom stereocenters. The van der Waals surface area contributed by atoms with Gasteiger partial charge in [0.25, 0.3) is 5.91 Å². The SMILES string of the molecule is CCOc1cc(/C=N/NC(=O)c2ccc(Cl)cc2Cl)ccc1OC(=O)c1cccc(C)c1. The molecule has 164 valence electrons. The van der Waals surface area contributed by atoms with E-state index in [-0.39, 0.29) is 16.3 Å². The van der Waals surface area contributed by atoms with Gasteiger partial charge in [-0.25, -0.2) is 10.2 Å². The number of carbonyl (C=O) groups excluding carboxylic acids is 2.